The minimum absolute atomic E-state index is 0.146. The molecule has 3 heterocycles. The molecular formula is C10H13N5O2. The number of nitrogens with two attached hydrogens (primary N) is 1. The van der Waals surface area contributed by atoms with Gasteiger partial charge in [0.1, 0.15) is 12.0 Å². The molecule has 1 unspecified atom stereocenters. The van der Waals surface area contributed by atoms with Gasteiger partial charge >= 0.3 is 0 Å². The maximum atomic E-state index is 5.63. The molecule has 1 saturated heterocycles. The second-order valence-corrected chi connectivity index (χ2v) is 3.97. The van der Waals surface area contributed by atoms with E-state index >= 15 is 0 Å². The molecule has 0 aromatic carbocycles. The molecule has 1 fully saturated rings. The zero-order chi connectivity index (χ0) is 11.7. The lowest BCUT2D eigenvalue weighted by Gasteiger charge is -2.11. The molecule has 7 heteroatoms. The molecule has 90 valence electrons. The molecule has 1 atom stereocenters. The van der Waals surface area contributed by atoms with Gasteiger partial charge in [-0.2, -0.15) is 15.1 Å². The lowest BCUT2D eigenvalue weighted by atomic mass is 10.2. The molecular weight excluding hydrogens is 222 g/mol. The molecule has 17 heavy (non-hydrogen) atoms. The first-order valence-electron chi connectivity index (χ1n) is 5.54. The summed E-state index contributed by atoms with van der Waals surface area (Å²) in [5.41, 5.74) is 6.17. The number of nitrogens with zero attached hydrogens (tertiary/aromatic N) is 3. The first kappa shape index (κ1) is 10.3. The van der Waals surface area contributed by atoms with Crippen molar-refractivity contribution in [2.24, 2.45) is 0 Å². The number of aromatic amines is 1. The minimum Gasteiger partial charge on any atom is -0.474 e. The predicted octanol–water partition coefficient (Wildman–Crippen LogP) is 0.493. The lowest BCUT2D eigenvalue weighted by Crippen LogP contribution is -2.17. The maximum Gasteiger partial charge on any atom is 0.229 e. The Balaban J connectivity index is 1.81. The van der Waals surface area contributed by atoms with Crippen LogP contribution >= 0.6 is 0 Å². The number of H-pyrrole nitrogens is 1. The van der Waals surface area contributed by atoms with Crippen LogP contribution in [0.2, 0.25) is 0 Å². The number of nitrogens with one attached hydrogen (secondary N) is 1. The number of ether oxygens (including phenoxy) is 2. The molecule has 1 aliphatic heterocycles. The summed E-state index contributed by atoms with van der Waals surface area (Å²) in [5.74, 6) is 0.626. The van der Waals surface area contributed by atoms with E-state index in [0.29, 0.717) is 18.1 Å². The van der Waals surface area contributed by atoms with E-state index in [2.05, 4.69) is 20.2 Å². The average Bonchev–Trinajstić information content (AvgIpc) is 2.95. The van der Waals surface area contributed by atoms with Crippen molar-refractivity contribution in [3.8, 4) is 5.88 Å². The fourth-order valence-electron chi connectivity index (χ4n) is 1.88. The van der Waals surface area contributed by atoms with Gasteiger partial charge in [-0.1, -0.05) is 0 Å². The zero-order valence-corrected chi connectivity index (χ0v) is 9.22. The molecule has 0 amide bonds. The monoisotopic (exact) mass is 235 g/mol. The van der Waals surface area contributed by atoms with Crippen LogP contribution in [0, 0.1) is 0 Å². The largest absolute Gasteiger partial charge is 0.474 e. The van der Waals surface area contributed by atoms with Crippen molar-refractivity contribution < 1.29 is 9.47 Å². The molecule has 0 radical (unpaired) electrons. The Kier molecular flexibility index (Phi) is 2.52. The molecule has 0 saturated carbocycles. The summed E-state index contributed by atoms with van der Waals surface area (Å²) in [4.78, 5) is 8.08. The molecule has 0 bridgehead atoms. The fraction of sp³-hybridized carbons (Fsp3) is 0.500. The lowest BCUT2D eigenvalue weighted by molar-refractivity contribution is 0.0669. The molecule has 3 rings (SSSR count). The van der Waals surface area contributed by atoms with Crippen LogP contribution in [-0.4, -0.2) is 39.5 Å². The van der Waals surface area contributed by atoms with Crippen LogP contribution in [0.25, 0.3) is 11.0 Å². The highest BCUT2D eigenvalue weighted by Crippen LogP contribution is 2.22. The Morgan fingerprint density at radius 1 is 1.53 bits per heavy atom. The first-order chi connectivity index (χ1) is 8.33. The SMILES string of the molecule is Nc1nc(OCC2CCCO2)c2cn[nH]c2n1. The molecule has 0 spiro atoms. The van der Waals surface area contributed by atoms with Crippen molar-refractivity contribution in [3.63, 3.8) is 0 Å². The van der Waals surface area contributed by atoms with E-state index in [4.69, 9.17) is 15.2 Å². The van der Waals surface area contributed by atoms with Gasteiger partial charge in [-0.25, -0.2) is 0 Å². The van der Waals surface area contributed by atoms with Crippen LogP contribution in [0.5, 0.6) is 5.88 Å². The summed E-state index contributed by atoms with van der Waals surface area (Å²) in [6, 6.07) is 0. The van der Waals surface area contributed by atoms with E-state index in [9.17, 15) is 0 Å². The standard InChI is InChI=1S/C10H13N5O2/c11-10-13-8-7(4-12-15-8)9(14-10)17-5-6-2-1-3-16-6/h4,6H,1-3,5H2,(H3,11,12,13,14,15). The van der Waals surface area contributed by atoms with E-state index < -0.39 is 0 Å². The van der Waals surface area contributed by atoms with Crippen LogP contribution in [0.4, 0.5) is 5.95 Å². The number of rotatable bonds is 3. The summed E-state index contributed by atoms with van der Waals surface area (Å²) < 4.78 is 11.1. The molecule has 2 aromatic heterocycles. The second-order valence-electron chi connectivity index (χ2n) is 3.97. The summed E-state index contributed by atoms with van der Waals surface area (Å²) in [7, 11) is 0. The third-order valence-electron chi connectivity index (χ3n) is 2.72. The molecule has 3 N–H and O–H groups in total. The van der Waals surface area contributed by atoms with Gasteiger partial charge in [-0.3, -0.25) is 5.10 Å². The highest BCUT2D eigenvalue weighted by atomic mass is 16.5. The quantitative estimate of drug-likeness (QED) is 0.803. The van der Waals surface area contributed by atoms with Crippen molar-refractivity contribution in [2.75, 3.05) is 18.9 Å². The Morgan fingerprint density at radius 3 is 3.29 bits per heavy atom. The van der Waals surface area contributed by atoms with E-state index in [-0.39, 0.29) is 12.1 Å². The smallest absolute Gasteiger partial charge is 0.229 e. The van der Waals surface area contributed by atoms with E-state index in [1.165, 1.54) is 0 Å². The van der Waals surface area contributed by atoms with Gasteiger partial charge in [0, 0.05) is 6.61 Å². The highest BCUT2D eigenvalue weighted by Gasteiger charge is 2.17. The van der Waals surface area contributed by atoms with Crippen molar-refractivity contribution in [2.45, 2.75) is 18.9 Å². The number of anilines is 1. The first-order valence-corrected chi connectivity index (χ1v) is 5.54. The Hall–Kier alpha value is -1.89. The molecule has 2 aromatic rings. The van der Waals surface area contributed by atoms with Crippen molar-refractivity contribution in [1.82, 2.24) is 20.2 Å². The Labute approximate surface area is 97.3 Å². The Bertz CT molecular complexity index is 520. The minimum atomic E-state index is 0.146. The van der Waals surface area contributed by atoms with Gasteiger partial charge in [-0.05, 0) is 12.8 Å². The van der Waals surface area contributed by atoms with Crippen LogP contribution in [-0.2, 0) is 4.74 Å². The molecule has 7 nitrogen and oxygen atoms in total. The fourth-order valence-corrected chi connectivity index (χ4v) is 1.88. The summed E-state index contributed by atoms with van der Waals surface area (Å²) in [5, 5.41) is 7.36. The van der Waals surface area contributed by atoms with Gasteiger partial charge in [-0.15, -0.1) is 0 Å². The van der Waals surface area contributed by atoms with Crippen molar-refractivity contribution >= 4 is 17.0 Å². The zero-order valence-electron chi connectivity index (χ0n) is 9.22. The topological polar surface area (TPSA) is 98.9 Å². The summed E-state index contributed by atoms with van der Waals surface area (Å²) >= 11 is 0. The van der Waals surface area contributed by atoms with Gasteiger partial charge < -0.3 is 15.2 Å². The number of hydrogen-bond donors (Lipinski definition) is 2. The number of fused-ring (bicyclic) bond motifs is 1. The average molecular weight is 235 g/mol. The van der Waals surface area contributed by atoms with Crippen LogP contribution < -0.4 is 10.5 Å². The highest BCUT2D eigenvalue weighted by molar-refractivity contribution is 5.80. The van der Waals surface area contributed by atoms with Gasteiger partial charge in [0.25, 0.3) is 0 Å². The third kappa shape index (κ3) is 2.01. The van der Waals surface area contributed by atoms with Crippen LogP contribution in [0.1, 0.15) is 12.8 Å². The third-order valence-corrected chi connectivity index (χ3v) is 2.72. The molecule has 0 aliphatic carbocycles. The number of aromatic nitrogens is 4. The van der Waals surface area contributed by atoms with Gasteiger partial charge in [0.05, 0.1) is 12.3 Å². The molecule has 1 aliphatic rings. The van der Waals surface area contributed by atoms with Gasteiger partial charge in [0.15, 0.2) is 5.65 Å². The number of hydrogen-bond acceptors (Lipinski definition) is 6. The van der Waals surface area contributed by atoms with E-state index in [0.717, 1.165) is 24.8 Å². The summed E-state index contributed by atoms with van der Waals surface area (Å²) in [6.45, 7) is 1.29. The van der Waals surface area contributed by atoms with Crippen molar-refractivity contribution in [3.05, 3.63) is 6.20 Å². The number of nitrogen functional groups attached to an aromatic ring is 1. The van der Waals surface area contributed by atoms with Crippen LogP contribution in [0.15, 0.2) is 6.20 Å². The normalized spacial score (nSPS) is 19.9. The maximum absolute atomic E-state index is 5.63. The summed E-state index contributed by atoms with van der Waals surface area (Å²) in [6.07, 6.45) is 3.88. The van der Waals surface area contributed by atoms with Crippen molar-refractivity contribution in [1.29, 1.82) is 0 Å². The second kappa shape index (κ2) is 4.17. The van der Waals surface area contributed by atoms with Gasteiger partial charge in [0.2, 0.25) is 11.8 Å². The Morgan fingerprint density at radius 2 is 2.47 bits per heavy atom. The van der Waals surface area contributed by atoms with Crippen LogP contribution in [0.3, 0.4) is 0 Å². The van der Waals surface area contributed by atoms with E-state index in [1.54, 1.807) is 6.20 Å². The van der Waals surface area contributed by atoms with E-state index in [1.807, 2.05) is 0 Å². The predicted molar refractivity (Wildman–Crippen MR) is 60.6 cm³/mol.